The number of carbonyl (C=O) groups excluding carboxylic acids is 1. The molecular weight excluding hydrogens is 240 g/mol. The maximum Gasteiger partial charge on any atom is 0.185 e. The molecule has 1 aromatic carbocycles. The molecule has 0 heterocycles. The molecular formula is C13H15ClOS. The zero-order chi connectivity index (χ0) is 12.0. The molecule has 1 rings (SSSR count). The van der Waals surface area contributed by atoms with Gasteiger partial charge in [0, 0.05) is 17.7 Å². The van der Waals surface area contributed by atoms with E-state index in [1.165, 1.54) is 17.3 Å². The SMILES string of the molecule is CC(=O)SCCC=Cc1cc(Cl)ccc1C. The molecule has 0 fully saturated rings. The van der Waals surface area contributed by atoms with E-state index in [0.717, 1.165) is 22.8 Å². The second-order valence-electron chi connectivity index (χ2n) is 3.53. The maximum absolute atomic E-state index is 10.7. The number of aryl methyl sites for hydroxylation is 1. The fraction of sp³-hybridized carbons (Fsp3) is 0.308. The highest BCUT2D eigenvalue weighted by Crippen LogP contribution is 2.17. The Hall–Kier alpha value is -0.730. The molecule has 86 valence electrons. The molecule has 0 unspecified atom stereocenters. The van der Waals surface area contributed by atoms with Gasteiger partial charge in [-0.1, -0.05) is 41.6 Å². The highest BCUT2D eigenvalue weighted by atomic mass is 35.5. The topological polar surface area (TPSA) is 17.1 Å². The summed E-state index contributed by atoms with van der Waals surface area (Å²) in [5.41, 5.74) is 2.35. The van der Waals surface area contributed by atoms with Crippen molar-refractivity contribution in [3.63, 3.8) is 0 Å². The van der Waals surface area contributed by atoms with Crippen LogP contribution >= 0.6 is 23.4 Å². The summed E-state index contributed by atoms with van der Waals surface area (Å²) in [6.45, 7) is 3.65. The third kappa shape index (κ3) is 4.86. The number of hydrogen-bond donors (Lipinski definition) is 0. The first-order valence-corrected chi connectivity index (χ1v) is 6.52. The second-order valence-corrected chi connectivity index (χ2v) is 5.24. The average Bonchev–Trinajstić information content (AvgIpc) is 2.22. The van der Waals surface area contributed by atoms with Gasteiger partial charge in [-0.15, -0.1) is 0 Å². The minimum absolute atomic E-state index is 0.173. The van der Waals surface area contributed by atoms with Crippen LogP contribution < -0.4 is 0 Å². The predicted molar refractivity (Wildman–Crippen MR) is 73.0 cm³/mol. The van der Waals surface area contributed by atoms with Gasteiger partial charge in [0.05, 0.1) is 0 Å². The number of thioether (sulfide) groups is 1. The van der Waals surface area contributed by atoms with Gasteiger partial charge in [-0.3, -0.25) is 4.79 Å². The summed E-state index contributed by atoms with van der Waals surface area (Å²) in [7, 11) is 0. The first kappa shape index (κ1) is 13.3. The maximum atomic E-state index is 10.7. The largest absolute Gasteiger partial charge is 0.288 e. The lowest BCUT2D eigenvalue weighted by molar-refractivity contribution is -0.109. The van der Waals surface area contributed by atoms with Crippen LogP contribution in [0.5, 0.6) is 0 Å². The summed E-state index contributed by atoms with van der Waals surface area (Å²) < 4.78 is 0. The number of allylic oxidation sites excluding steroid dienone is 1. The second kappa shape index (κ2) is 6.77. The summed E-state index contributed by atoms with van der Waals surface area (Å²) in [4.78, 5) is 10.7. The van der Waals surface area contributed by atoms with Crippen molar-refractivity contribution in [3.05, 3.63) is 40.4 Å². The normalized spacial score (nSPS) is 10.9. The summed E-state index contributed by atoms with van der Waals surface area (Å²) in [6, 6.07) is 5.84. The molecule has 0 atom stereocenters. The summed E-state index contributed by atoms with van der Waals surface area (Å²) in [5.74, 6) is 0.839. The van der Waals surface area contributed by atoms with Crippen LogP contribution in [0, 0.1) is 6.92 Å². The van der Waals surface area contributed by atoms with Crippen molar-refractivity contribution in [2.75, 3.05) is 5.75 Å². The van der Waals surface area contributed by atoms with Gasteiger partial charge in [0.2, 0.25) is 0 Å². The monoisotopic (exact) mass is 254 g/mol. The van der Waals surface area contributed by atoms with Crippen LogP contribution in [0.1, 0.15) is 24.5 Å². The Bertz CT molecular complexity index is 399. The Balaban J connectivity index is 2.49. The van der Waals surface area contributed by atoms with Gasteiger partial charge in [-0.25, -0.2) is 0 Å². The van der Waals surface area contributed by atoms with Gasteiger partial charge >= 0.3 is 0 Å². The Morgan fingerprint density at radius 2 is 2.25 bits per heavy atom. The van der Waals surface area contributed by atoms with Crippen LogP contribution in [0.15, 0.2) is 24.3 Å². The first-order chi connectivity index (χ1) is 7.59. The molecule has 0 N–H and O–H groups in total. The molecule has 1 nitrogen and oxygen atoms in total. The van der Waals surface area contributed by atoms with Crippen LogP contribution in [-0.4, -0.2) is 10.9 Å². The fourth-order valence-corrected chi connectivity index (χ4v) is 1.99. The van der Waals surface area contributed by atoms with Gasteiger partial charge in [-0.2, -0.15) is 0 Å². The minimum atomic E-state index is 0.173. The lowest BCUT2D eigenvalue weighted by Gasteiger charge is -2.00. The molecule has 16 heavy (non-hydrogen) atoms. The number of benzene rings is 1. The molecule has 0 aromatic heterocycles. The third-order valence-electron chi connectivity index (χ3n) is 2.13. The Labute approximate surface area is 106 Å². The van der Waals surface area contributed by atoms with Crippen LogP contribution in [0.25, 0.3) is 6.08 Å². The highest BCUT2D eigenvalue weighted by molar-refractivity contribution is 8.13. The molecule has 0 amide bonds. The van der Waals surface area contributed by atoms with Gasteiger partial charge in [-0.05, 0) is 36.6 Å². The van der Waals surface area contributed by atoms with E-state index < -0.39 is 0 Å². The van der Waals surface area contributed by atoms with Crippen LogP contribution in [0.2, 0.25) is 5.02 Å². The smallest absolute Gasteiger partial charge is 0.185 e. The van der Waals surface area contributed by atoms with Crippen LogP contribution in [0.4, 0.5) is 0 Å². The van der Waals surface area contributed by atoms with E-state index in [1.807, 2.05) is 18.2 Å². The van der Waals surface area contributed by atoms with Gasteiger partial charge in [0.1, 0.15) is 0 Å². The summed E-state index contributed by atoms with van der Waals surface area (Å²) in [6.07, 6.45) is 5.03. The van der Waals surface area contributed by atoms with Crippen LogP contribution in [-0.2, 0) is 4.79 Å². The lowest BCUT2D eigenvalue weighted by Crippen LogP contribution is -1.84. The first-order valence-electron chi connectivity index (χ1n) is 5.15. The van der Waals surface area contributed by atoms with Gasteiger partial charge in [0.25, 0.3) is 0 Å². The van der Waals surface area contributed by atoms with Crippen molar-refractivity contribution >= 4 is 34.6 Å². The van der Waals surface area contributed by atoms with Crippen molar-refractivity contribution < 1.29 is 4.79 Å². The van der Waals surface area contributed by atoms with Crippen molar-refractivity contribution in [1.82, 2.24) is 0 Å². The number of halogens is 1. The molecule has 0 saturated carbocycles. The molecule has 3 heteroatoms. The van der Waals surface area contributed by atoms with Crippen molar-refractivity contribution in [3.8, 4) is 0 Å². The zero-order valence-electron chi connectivity index (χ0n) is 9.50. The Morgan fingerprint density at radius 3 is 2.94 bits per heavy atom. The Kier molecular flexibility index (Phi) is 5.64. The van der Waals surface area contributed by atoms with Crippen molar-refractivity contribution in [2.24, 2.45) is 0 Å². The molecule has 0 radical (unpaired) electrons. The molecule has 0 saturated heterocycles. The fourth-order valence-electron chi connectivity index (χ4n) is 1.27. The number of hydrogen-bond acceptors (Lipinski definition) is 2. The van der Waals surface area contributed by atoms with Gasteiger partial charge < -0.3 is 0 Å². The Morgan fingerprint density at radius 1 is 1.50 bits per heavy atom. The van der Waals surface area contributed by atoms with E-state index in [9.17, 15) is 4.79 Å². The standard InChI is InChI=1S/C13H15ClOS/c1-10-6-7-13(14)9-12(10)5-3-4-8-16-11(2)15/h3,5-7,9H,4,8H2,1-2H3. The zero-order valence-corrected chi connectivity index (χ0v) is 11.1. The van der Waals surface area contributed by atoms with E-state index in [2.05, 4.69) is 19.1 Å². The molecule has 1 aromatic rings. The number of rotatable bonds is 4. The highest BCUT2D eigenvalue weighted by Gasteiger charge is 1.95. The number of carbonyl (C=O) groups is 1. The van der Waals surface area contributed by atoms with E-state index in [0.29, 0.717) is 0 Å². The predicted octanol–water partition coefficient (Wildman–Crippen LogP) is 4.33. The van der Waals surface area contributed by atoms with Crippen molar-refractivity contribution in [2.45, 2.75) is 20.3 Å². The van der Waals surface area contributed by atoms with E-state index in [-0.39, 0.29) is 5.12 Å². The molecule has 0 aliphatic carbocycles. The third-order valence-corrected chi connectivity index (χ3v) is 3.21. The van der Waals surface area contributed by atoms with Crippen LogP contribution in [0.3, 0.4) is 0 Å². The lowest BCUT2D eigenvalue weighted by atomic mass is 10.1. The summed E-state index contributed by atoms with van der Waals surface area (Å²) in [5, 5.41) is 0.927. The van der Waals surface area contributed by atoms with E-state index in [1.54, 1.807) is 6.92 Å². The quantitative estimate of drug-likeness (QED) is 0.744. The van der Waals surface area contributed by atoms with Gasteiger partial charge in [0.15, 0.2) is 5.12 Å². The molecule has 0 bridgehead atoms. The molecule has 0 spiro atoms. The van der Waals surface area contributed by atoms with Crippen molar-refractivity contribution in [1.29, 1.82) is 0 Å². The summed E-state index contributed by atoms with van der Waals surface area (Å²) >= 11 is 7.27. The van der Waals surface area contributed by atoms with E-state index in [4.69, 9.17) is 11.6 Å². The minimum Gasteiger partial charge on any atom is -0.288 e. The molecule has 0 aliphatic rings. The average molecular weight is 255 g/mol. The molecule has 0 aliphatic heterocycles. The van der Waals surface area contributed by atoms with E-state index >= 15 is 0 Å².